The molecule has 120 valence electrons. The van der Waals surface area contributed by atoms with Crippen molar-refractivity contribution in [3.63, 3.8) is 0 Å². The summed E-state index contributed by atoms with van der Waals surface area (Å²) in [5, 5.41) is 16.9. The van der Waals surface area contributed by atoms with Gasteiger partial charge >= 0.3 is 0 Å². The lowest BCUT2D eigenvalue weighted by atomic mass is 10.1. The van der Waals surface area contributed by atoms with Crippen LogP contribution in [0.3, 0.4) is 0 Å². The van der Waals surface area contributed by atoms with Crippen LogP contribution in [0, 0.1) is 17.2 Å². The van der Waals surface area contributed by atoms with Gasteiger partial charge in [-0.05, 0) is 30.5 Å². The normalized spacial score (nSPS) is 13.8. The number of H-pyrrole nitrogens is 1. The lowest BCUT2D eigenvalue weighted by Gasteiger charge is -2.07. The number of hydrogen-bond acceptors (Lipinski definition) is 4. The summed E-state index contributed by atoms with van der Waals surface area (Å²) in [5.41, 5.74) is 2.61. The molecule has 7 nitrogen and oxygen atoms in total. The van der Waals surface area contributed by atoms with Crippen molar-refractivity contribution in [2.24, 2.45) is 5.92 Å². The van der Waals surface area contributed by atoms with Gasteiger partial charge in [-0.15, -0.1) is 0 Å². The van der Waals surface area contributed by atoms with Crippen molar-refractivity contribution >= 4 is 22.8 Å². The third kappa shape index (κ3) is 2.74. The molecule has 1 fully saturated rings. The second-order valence-electron chi connectivity index (χ2n) is 5.96. The van der Waals surface area contributed by atoms with Crippen LogP contribution in [0.2, 0.25) is 0 Å². The predicted molar refractivity (Wildman–Crippen MR) is 88.9 cm³/mol. The summed E-state index contributed by atoms with van der Waals surface area (Å²) in [5.74, 6) is 0.703. The lowest BCUT2D eigenvalue weighted by Crippen LogP contribution is -2.14. The van der Waals surface area contributed by atoms with E-state index in [2.05, 4.69) is 26.5 Å². The number of carbonyl (C=O) groups excluding carboxylic acids is 1. The molecule has 1 saturated carbocycles. The number of hydrogen-bond donors (Lipinski definition) is 2. The molecule has 0 aliphatic heterocycles. The van der Waals surface area contributed by atoms with E-state index in [1.807, 2.05) is 24.5 Å². The highest BCUT2D eigenvalue weighted by molar-refractivity contribution is 5.98. The maximum absolute atomic E-state index is 12.0. The minimum absolute atomic E-state index is 0.0315. The molecule has 4 rings (SSSR count). The highest BCUT2D eigenvalue weighted by Crippen LogP contribution is 2.32. The fourth-order valence-electron chi connectivity index (χ4n) is 2.70. The van der Waals surface area contributed by atoms with Crippen LogP contribution in [0.1, 0.15) is 19.3 Å². The second kappa shape index (κ2) is 5.81. The summed E-state index contributed by atoms with van der Waals surface area (Å²) in [6.45, 7) is 0.559. The number of aromatic nitrogens is 4. The Morgan fingerprint density at radius 2 is 2.38 bits per heavy atom. The van der Waals surface area contributed by atoms with Crippen molar-refractivity contribution in [3.05, 3.63) is 30.7 Å². The molecule has 7 heteroatoms. The number of pyridine rings is 1. The summed E-state index contributed by atoms with van der Waals surface area (Å²) in [6.07, 6.45) is 7.83. The van der Waals surface area contributed by atoms with E-state index in [1.165, 1.54) is 0 Å². The number of nitrogens with zero attached hydrogens (tertiary/aromatic N) is 4. The summed E-state index contributed by atoms with van der Waals surface area (Å²) < 4.78 is 1.75. The van der Waals surface area contributed by atoms with Gasteiger partial charge in [-0.3, -0.25) is 9.48 Å². The monoisotopic (exact) mass is 320 g/mol. The van der Waals surface area contributed by atoms with Crippen LogP contribution >= 0.6 is 0 Å². The average molecular weight is 320 g/mol. The van der Waals surface area contributed by atoms with Crippen LogP contribution in [0.25, 0.3) is 22.2 Å². The molecule has 3 aromatic rings. The second-order valence-corrected chi connectivity index (χ2v) is 5.96. The molecule has 0 bridgehead atoms. The van der Waals surface area contributed by atoms with Crippen LogP contribution in [-0.4, -0.2) is 25.7 Å². The zero-order valence-corrected chi connectivity index (χ0v) is 13.0. The Morgan fingerprint density at radius 1 is 1.50 bits per heavy atom. The van der Waals surface area contributed by atoms with E-state index in [0.717, 1.165) is 35.0 Å². The Morgan fingerprint density at radius 3 is 3.17 bits per heavy atom. The number of carbonyl (C=O) groups is 1. The Kier molecular flexibility index (Phi) is 3.50. The topological polar surface area (TPSA) is 99.4 Å². The zero-order valence-electron chi connectivity index (χ0n) is 13.0. The molecule has 0 aromatic carbocycles. The maximum Gasteiger partial charge on any atom is 0.228 e. The van der Waals surface area contributed by atoms with E-state index >= 15 is 0 Å². The fourth-order valence-corrected chi connectivity index (χ4v) is 2.70. The molecular weight excluding hydrogens is 304 g/mol. The number of aromatic amines is 1. The van der Waals surface area contributed by atoms with E-state index < -0.39 is 0 Å². The van der Waals surface area contributed by atoms with E-state index in [1.54, 1.807) is 10.9 Å². The van der Waals surface area contributed by atoms with E-state index in [4.69, 9.17) is 5.26 Å². The largest absolute Gasteiger partial charge is 0.346 e. The third-order valence-corrected chi connectivity index (χ3v) is 4.13. The Balaban J connectivity index is 1.70. The molecule has 2 N–H and O–H groups in total. The molecular formula is C17H16N6O. The summed E-state index contributed by atoms with van der Waals surface area (Å²) in [4.78, 5) is 19.6. The zero-order chi connectivity index (χ0) is 16.5. The predicted octanol–water partition coefficient (Wildman–Crippen LogP) is 2.69. The summed E-state index contributed by atoms with van der Waals surface area (Å²) in [6, 6.07) is 5.95. The lowest BCUT2D eigenvalue weighted by molar-refractivity contribution is -0.117. The van der Waals surface area contributed by atoms with Crippen molar-refractivity contribution in [3.8, 4) is 17.2 Å². The molecule has 1 aliphatic rings. The van der Waals surface area contributed by atoms with Crippen molar-refractivity contribution in [1.29, 1.82) is 5.26 Å². The molecule has 0 atom stereocenters. The standard InChI is InChI=1S/C17H16N6O/c18-5-1-7-23-10-12(9-20-23)14-8-15(22-17(24)11-2-3-11)21-16-13(14)4-6-19-16/h4,6,8-11H,1-3,7H2,(H2,19,21,22,24). The summed E-state index contributed by atoms with van der Waals surface area (Å²) >= 11 is 0. The van der Waals surface area contributed by atoms with Gasteiger partial charge in [0.1, 0.15) is 11.5 Å². The Bertz CT molecular complexity index is 944. The minimum Gasteiger partial charge on any atom is -0.346 e. The first-order chi connectivity index (χ1) is 11.7. The molecule has 0 radical (unpaired) electrons. The number of fused-ring (bicyclic) bond motifs is 1. The van der Waals surface area contributed by atoms with Gasteiger partial charge in [0, 0.05) is 29.3 Å². The van der Waals surface area contributed by atoms with Crippen molar-refractivity contribution in [2.75, 3.05) is 5.32 Å². The average Bonchev–Trinajstić information content (AvgIpc) is 3.15. The number of anilines is 1. The molecule has 1 aliphatic carbocycles. The number of nitriles is 1. The van der Waals surface area contributed by atoms with Crippen molar-refractivity contribution < 1.29 is 4.79 Å². The van der Waals surface area contributed by atoms with Gasteiger partial charge in [-0.2, -0.15) is 10.4 Å². The van der Waals surface area contributed by atoms with Gasteiger partial charge in [0.15, 0.2) is 0 Å². The first-order valence-corrected chi connectivity index (χ1v) is 7.93. The van der Waals surface area contributed by atoms with Crippen LogP contribution in [-0.2, 0) is 11.3 Å². The SMILES string of the molecule is N#CCCn1cc(-c2cc(NC(=O)C3CC3)nc3[nH]ccc23)cn1. The molecule has 1 amide bonds. The first-order valence-electron chi connectivity index (χ1n) is 7.93. The highest BCUT2D eigenvalue weighted by Gasteiger charge is 2.30. The molecule has 24 heavy (non-hydrogen) atoms. The number of nitrogens with one attached hydrogen (secondary N) is 2. The quantitative estimate of drug-likeness (QED) is 0.755. The van der Waals surface area contributed by atoms with Gasteiger partial charge in [0.25, 0.3) is 0 Å². The molecule has 0 spiro atoms. The van der Waals surface area contributed by atoms with Gasteiger partial charge in [0.2, 0.25) is 5.91 Å². The molecule has 3 aromatic heterocycles. The molecule has 3 heterocycles. The van der Waals surface area contributed by atoms with Gasteiger partial charge in [-0.25, -0.2) is 4.98 Å². The van der Waals surface area contributed by atoms with Crippen LogP contribution < -0.4 is 5.32 Å². The Labute approximate surface area is 138 Å². The van der Waals surface area contributed by atoms with Gasteiger partial charge < -0.3 is 10.3 Å². The van der Waals surface area contributed by atoms with Gasteiger partial charge in [0.05, 0.1) is 25.2 Å². The van der Waals surface area contributed by atoms with E-state index in [0.29, 0.717) is 18.8 Å². The third-order valence-electron chi connectivity index (χ3n) is 4.13. The van der Waals surface area contributed by atoms with E-state index in [9.17, 15) is 4.79 Å². The van der Waals surface area contributed by atoms with Crippen molar-refractivity contribution in [2.45, 2.75) is 25.8 Å². The van der Waals surface area contributed by atoms with Crippen molar-refractivity contribution in [1.82, 2.24) is 19.7 Å². The minimum atomic E-state index is 0.0315. The molecule has 0 saturated heterocycles. The number of aryl methyl sites for hydroxylation is 1. The fraction of sp³-hybridized carbons (Fsp3) is 0.294. The Hall–Kier alpha value is -3.14. The van der Waals surface area contributed by atoms with Crippen LogP contribution in [0.5, 0.6) is 0 Å². The highest BCUT2D eigenvalue weighted by atomic mass is 16.2. The van der Waals surface area contributed by atoms with Crippen LogP contribution in [0.15, 0.2) is 30.7 Å². The smallest absolute Gasteiger partial charge is 0.228 e. The van der Waals surface area contributed by atoms with Crippen LogP contribution in [0.4, 0.5) is 5.82 Å². The number of rotatable bonds is 5. The first kappa shape index (κ1) is 14.5. The molecule has 0 unspecified atom stereocenters. The maximum atomic E-state index is 12.0. The van der Waals surface area contributed by atoms with Gasteiger partial charge in [-0.1, -0.05) is 0 Å². The summed E-state index contributed by atoms with van der Waals surface area (Å²) in [7, 11) is 0. The number of amides is 1. The van der Waals surface area contributed by atoms with E-state index in [-0.39, 0.29) is 11.8 Å².